The summed E-state index contributed by atoms with van der Waals surface area (Å²) in [5.74, 6) is -0.255. The van der Waals surface area contributed by atoms with Gasteiger partial charge in [-0.15, -0.1) is 0 Å². The molecular weight excluding hydrogens is 238 g/mol. The molecule has 1 unspecified atom stereocenters. The predicted octanol–water partition coefficient (Wildman–Crippen LogP) is -0.427. The number of hydrogen-bond acceptors (Lipinski definition) is 5. The van der Waals surface area contributed by atoms with E-state index in [0.29, 0.717) is 6.42 Å². The summed E-state index contributed by atoms with van der Waals surface area (Å²) in [6, 6.07) is -0.353. The Bertz CT molecular complexity index is 371. The molecule has 0 amide bonds. The van der Waals surface area contributed by atoms with Gasteiger partial charge in [0.1, 0.15) is 9.84 Å². The Morgan fingerprint density at radius 3 is 2.07 bits per heavy atom. The Kier molecular flexibility index (Phi) is 5.76. The van der Waals surface area contributed by atoms with E-state index in [0.717, 1.165) is 6.26 Å². The molecule has 0 fully saturated rings. The Hall–Kier alpha value is -0.140. The monoisotopic (exact) mass is 257 g/mol. The van der Waals surface area contributed by atoms with Crippen LogP contribution in [-0.2, 0) is 19.7 Å². The molecule has 92 valence electrons. The first kappa shape index (κ1) is 14.9. The van der Waals surface area contributed by atoms with Crippen molar-refractivity contribution in [1.29, 1.82) is 0 Å². The lowest BCUT2D eigenvalue weighted by Gasteiger charge is -2.09. The zero-order chi connectivity index (χ0) is 12.1. The van der Waals surface area contributed by atoms with Crippen LogP contribution in [0.25, 0.3) is 0 Å². The van der Waals surface area contributed by atoms with E-state index < -0.39 is 19.7 Å². The molecular formula is C8H19NO4S2. The van der Waals surface area contributed by atoms with Gasteiger partial charge in [-0.2, -0.15) is 0 Å². The molecule has 1 atom stereocenters. The molecule has 0 aliphatic rings. The molecule has 7 heteroatoms. The summed E-state index contributed by atoms with van der Waals surface area (Å²) < 4.78 is 44.4. The van der Waals surface area contributed by atoms with Crippen LogP contribution in [0, 0.1) is 0 Å². The maximum absolute atomic E-state index is 11.4. The summed E-state index contributed by atoms with van der Waals surface area (Å²) in [5.41, 5.74) is 5.52. The lowest BCUT2D eigenvalue weighted by atomic mass is 10.3. The molecule has 0 radical (unpaired) electrons. The third kappa shape index (κ3) is 8.83. The fourth-order valence-electron chi connectivity index (χ4n) is 1.07. The molecule has 0 rings (SSSR count). The third-order valence-corrected chi connectivity index (χ3v) is 4.84. The third-order valence-electron chi connectivity index (χ3n) is 1.96. The van der Waals surface area contributed by atoms with Crippen LogP contribution in [0.15, 0.2) is 0 Å². The number of hydrogen-bond donors (Lipinski definition) is 1. The van der Waals surface area contributed by atoms with Gasteiger partial charge in [0.15, 0.2) is 9.84 Å². The van der Waals surface area contributed by atoms with Crippen LogP contribution in [0.2, 0.25) is 0 Å². The van der Waals surface area contributed by atoms with Crippen molar-refractivity contribution in [3.05, 3.63) is 0 Å². The van der Waals surface area contributed by atoms with Crippen molar-refractivity contribution in [3.63, 3.8) is 0 Å². The van der Waals surface area contributed by atoms with E-state index in [4.69, 9.17) is 5.73 Å². The van der Waals surface area contributed by atoms with Crippen molar-refractivity contribution in [2.75, 3.05) is 23.5 Å². The SMILES string of the molecule is CCC(N)CS(=O)(=O)CCCS(C)(=O)=O. The molecule has 0 bridgehead atoms. The van der Waals surface area contributed by atoms with E-state index in [1.165, 1.54) is 0 Å². The summed E-state index contributed by atoms with van der Waals surface area (Å²) in [6.45, 7) is 1.82. The van der Waals surface area contributed by atoms with Crippen LogP contribution in [0.1, 0.15) is 19.8 Å². The van der Waals surface area contributed by atoms with Gasteiger partial charge in [0.2, 0.25) is 0 Å². The van der Waals surface area contributed by atoms with E-state index in [2.05, 4.69) is 0 Å². The van der Waals surface area contributed by atoms with Crippen molar-refractivity contribution in [1.82, 2.24) is 0 Å². The number of sulfone groups is 2. The van der Waals surface area contributed by atoms with Crippen LogP contribution in [0.3, 0.4) is 0 Å². The summed E-state index contributed by atoms with van der Waals surface area (Å²) in [6.07, 6.45) is 1.85. The molecule has 0 aromatic rings. The topological polar surface area (TPSA) is 94.3 Å². The minimum atomic E-state index is -3.20. The molecule has 0 saturated carbocycles. The first-order valence-electron chi connectivity index (χ1n) is 4.80. The minimum Gasteiger partial charge on any atom is -0.327 e. The molecule has 15 heavy (non-hydrogen) atoms. The quantitative estimate of drug-likeness (QED) is 0.668. The van der Waals surface area contributed by atoms with Crippen LogP contribution >= 0.6 is 0 Å². The van der Waals surface area contributed by atoms with E-state index in [-0.39, 0.29) is 29.7 Å². The van der Waals surface area contributed by atoms with Crippen molar-refractivity contribution in [2.45, 2.75) is 25.8 Å². The lowest BCUT2D eigenvalue weighted by molar-refractivity contribution is 0.581. The van der Waals surface area contributed by atoms with Crippen molar-refractivity contribution in [3.8, 4) is 0 Å². The second kappa shape index (κ2) is 5.81. The van der Waals surface area contributed by atoms with Gasteiger partial charge in [-0.3, -0.25) is 0 Å². The Balaban J connectivity index is 4.07. The second-order valence-corrected chi connectivity index (χ2v) is 8.25. The highest BCUT2D eigenvalue weighted by molar-refractivity contribution is 7.92. The van der Waals surface area contributed by atoms with Crippen LogP contribution < -0.4 is 5.73 Å². The zero-order valence-corrected chi connectivity index (χ0v) is 10.8. The summed E-state index contributed by atoms with van der Waals surface area (Å²) in [7, 11) is -6.28. The van der Waals surface area contributed by atoms with E-state index in [9.17, 15) is 16.8 Å². The first-order chi connectivity index (χ1) is 6.66. The lowest BCUT2D eigenvalue weighted by Crippen LogP contribution is -2.30. The van der Waals surface area contributed by atoms with Gasteiger partial charge in [0.25, 0.3) is 0 Å². The fraction of sp³-hybridized carbons (Fsp3) is 1.00. The summed E-state index contributed by atoms with van der Waals surface area (Å²) >= 11 is 0. The Morgan fingerprint density at radius 1 is 1.13 bits per heavy atom. The van der Waals surface area contributed by atoms with E-state index >= 15 is 0 Å². The molecule has 0 aliphatic heterocycles. The summed E-state index contributed by atoms with van der Waals surface area (Å²) in [4.78, 5) is 0. The average Bonchev–Trinajstić information content (AvgIpc) is 2.00. The standard InChI is InChI=1S/C8H19NO4S2/c1-3-8(9)7-15(12,13)6-4-5-14(2,10)11/h8H,3-7,9H2,1-2H3. The molecule has 5 nitrogen and oxygen atoms in total. The summed E-state index contributed by atoms with van der Waals surface area (Å²) in [5, 5.41) is 0. The van der Waals surface area contributed by atoms with Crippen molar-refractivity contribution >= 4 is 19.7 Å². The van der Waals surface area contributed by atoms with Crippen LogP contribution in [0.5, 0.6) is 0 Å². The first-order valence-corrected chi connectivity index (χ1v) is 8.68. The van der Waals surface area contributed by atoms with E-state index in [1.54, 1.807) is 0 Å². The van der Waals surface area contributed by atoms with Gasteiger partial charge in [0, 0.05) is 12.3 Å². The predicted molar refractivity (Wildman–Crippen MR) is 61.2 cm³/mol. The molecule has 0 aromatic heterocycles. The maximum atomic E-state index is 11.4. The number of rotatable bonds is 7. The van der Waals surface area contributed by atoms with Crippen LogP contribution in [0.4, 0.5) is 0 Å². The highest BCUT2D eigenvalue weighted by Gasteiger charge is 2.15. The second-order valence-electron chi connectivity index (χ2n) is 3.77. The normalized spacial score (nSPS) is 15.1. The average molecular weight is 257 g/mol. The fourth-order valence-corrected chi connectivity index (χ4v) is 3.56. The van der Waals surface area contributed by atoms with Crippen molar-refractivity contribution < 1.29 is 16.8 Å². The van der Waals surface area contributed by atoms with Gasteiger partial charge in [0.05, 0.1) is 17.3 Å². The highest BCUT2D eigenvalue weighted by Crippen LogP contribution is 2.00. The van der Waals surface area contributed by atoms with Crippen molar-refractivity contribution in [2.24, 2.45) is 5.73 Å². The van der Waals surface area contributed by atoms with Gasteiger partial charge in [-0.05, 0) is 12.8 Å². The molecule has 0 saturated heterocycles. The molecule has 2 N–H and O–H groups in total. The minimum absolute atomic E-state index is 0.0622. The van der Waals surface area contributed by atoms with Gasteiger partial charge in [-0.1, -0.05) is 6.92 Å². The van der Waals surface area contributed by atoms with Gasteiger partial charge in [-0.25, -0.2) is 16.8 Å². The zero-order valence-electron chi connectivity index (χ0n) is 9.14. The van der Waals surface area contributed by atoms with Gasteiger partial charge >= 0.3 is 0 Å². The molecule has 0 spiro atoms. The Labute approximate surface area is 91.9 Å². The molecule has 0 aromatic carbocycles. The smallest absolute Gasteiger partial charge is 0.151 e. The maximum Gasteiger partial charge on any atom is 0.151 e. The van der Waals surface area contributed by atoms with E-state index in [1.807, 2.05) is 6.92 Å². The van der Waals surface area contributed by atoms with Gasteiger partial charge < -0.3 is 5.73 Å². The Morgan fingerprint density at radius 2 is 1.67 bits per heavy atom. The molecule has 0 aliphatic carbocycles. The number of nitrogens with two attached hydrogens (primary N) is 1. The van der Waals surface area contributed by atoms with Crippen LogP contribution in [-0.4, -0.2) is 46.4 Å². The molecule has 0 heterocycles. The largest absolute Gasteiger partial charge is 0.327 e. The highest BCUT2D eigenvalue weighted by atomic mass is 32.2.